The number of imidazole rings is 2. The normalized spacial score (nSPS) is 18.7. The van der Waals surface area contributed by atoms with E-state index in [0.29, 0.717) is 25.3 Å². The number of carbonyl (C=O) groups excluding carboxylic acids is 4. The lowest BCUT2D eigenvalue weighted by atomic mass is 10.0. The maximum Gasteiger partial charge on any atom is 0.407 e. The number of nitrogens with one attached hydrogen (secondary N) is 4. The molecule has 6 rings (SSSR count). The average Bonchev–Trinajstić information content (AvgIpc) is 4.04. The zero-order valence-corrected chi connectivity index (χ0v) is 33.1. The van der Waals surface area contributed by atoms with E-state index in [1.165, 1.54) is 14.2 Å². The minimum Gasteiger partial charge on any atom is -0.453 e. The van der Waals surface area contributed by atoms with E-state index in [4.69, 9.17) is 14.5 Å². The first-order valence-electron chi connectivity index (χ1n) is 19.2. The van der Waals surface area contributed by atoms with Crippen LogP contribution in [-0.4, -0.2) is 93.1 Å². The number of hydrogen-bond donors (Lipinski definition) is 4. The summed E-state index contributed by atoms with van der Waals surface area (Å²) in [7, 11) is 2.57. The fraction of sp³-hybridized carbons (Fsp3) is 0.429. The van der Waals surface area contributed by atoms with E-state index >= 15 is 0 Å². The molecule has 2 fully saturated rings. The molecule has 56 heavy (non-hydrogen) atoms. The Bertz CT molecular complexity index is 2050. The van der Waals surface area contributed by atoms with Crippen LogP contribution in [0.5, 0.6) is 0 Å². The number of carbonyl (C=O) groups is 4. The van der Waals surface area contributed by atoms with Crippen molar-refractivity contribution in [2.45, 2.75) is 78.0 Å². The minimum atomic E-state index is -0.726. The Morgan fingerprint density at radius 3 is 1.61 bits per heavy atom. The van der Waals surface area contributed by atoms with Crippen LogP contribution in [0.4, 0.5) is 9.59 Å². The van der Waals surface area contributed by atoms with Gasteiger partial charge in [-0.1, -0.05) is 87.9 Å². The van der Waals surface area contributed by atoms with Crippen molar-refractivity contribution in [1.29, 1.82) is 0 Å². The van der Waals surface area contributed by atoms with Crippen LogP contribution >= 0.6 is 0 Å². The summed E-state index contributed by atoms with van der Waals surface area (Å²) in [5, 5.41) is 5.40. The molecule has 0 bridgehead atoms. The molecule has 4 aromatic rings. The summed E-state index contributed by atoms with van der Waals surface area (Å²) in [5.74, 6) is 0.854. The van der Waals surface area contributed by atoms with E-state index in [9.17, 15) is 19.2 Å². The number of benzene rings is 2. The Kier molecular flexibility index (Phi) is 12.3. The van der Waals surface area contributed by atoms with Gasteiger partial charge in [0.2, 0.25) is 11.8 Å². The summed E-state index contributed by atoms with van der Waals surface area (Å²) >= 11 is 0. The number of allylic oxidation sites excluding steroid dienone is 1. The van der Waals surface area contributed by atoms with Crippen molar-refractivity contribution in [3.05, 3.63) is 84.2 Å². The number of aromatic nitrogens is 4. The zero-order valence-electron chi connectivity index (χ0n) is 33.1. The van der Waals surface area contributed by atoms with Gasteiger partial charge in [-0.25, -0.2) is 19.6 Å². The van der Waals surface area contributed by atoms with Gasteiger partial charge in [-0.3, -0.25) is 9.59 Å². The van der Waals surface area contributed by atoms with Gasteiger partial charge in [0.15, 0.2) is 0 Å². The standard InChI is InChI=1S/C42H52N8O6/c1-8-26-20-34(50(23-26)40(52)36(25(4)5)48-42(54)56-7)38-44-22-32(46-38)30-17-13-28(14-18-30)27-11-15-29(16-12-27)31-21-43-37(45-31)33-10-9-19-49(33)39(51)35(24(2)3)47-41(53)55-6/h8,11-18,21-22,24-25,33-36H,9-10,19-20,23H2,1-7H3,(H,43,45)(H,44,46)(H,47,53)(H,48,54). The molecule has 4 N–H and O–H groups in total. The van der Waals surface area contributed by atoms with Gasteiger partial charge in [-0.05, 0) is 60.3 Å². The summed E-state index contributed by atoms with van der Waals surface area (Å²) in [6.07, 6.45) is 6.64. The Balaban J connectivity index is 1.13. The van der Waals surface area contributed by atoms with E-state index in [0.717, 1.165) is 57.9 Å². The summed E-state index contributed by atoms with van der Waals surface area (Å²) < 4.78 is 9.54. The lowest BCUT2D eigenvalue weighted by Gasteiger charge is -2.30. The number of ether oxygens (including phenoxy) is 2. The molecule has 14 nitrogen and oxygen atoms in total. The van der Waals surface area contributed by atoms with Crippen molar-refractivity contribution in [2.24, 2.45) is 11.8 Å². The number of nitrogens with zero attached hydrogens (tertiary/aromatic N) is 4. The summed E-state index contributed by atoms with van der Waals surface area (Å²) in [5.41, 5.74) is 6.86. The van der Waals surface area contributed by atoms with Crippen molar-refractivity contribution < 1.29 is 28.7 Å². The van der Waals surface area contributed by atoms with Crippen LogP contribution in [0.15, 0.2) is 72.6 Å². The van der Waals surface area contributed by atoms with Gasteiger partial charge >= 0.3 is 12.2 Å². The molecule has 2 aliphatic heterocycles. The van der Waals surface area contributed by atoms with Crippen LogP contribution in [-0.2, 0) is 19.1 Å². The fourth-order valence-corrected chi connectivity index (χ4v) is 7.50. The van der Waals surface area contributed by atoms with Crippen molar-refractivity contribution >= 4 is 24.0 Å². The predicted molar refractivity (Wildman–Crippen MR) is 212 cm³/mol. The molecule has 0 radical (unpaired) electrons. The van der Waals surface area contributed by atoms with E-state index in [2.05, 4.69) is 49.9 Å². The SMILES string of the molecule is CC=C1CC(c2ncc(-c3ccc(-c4ccc(-c5cnc(C6CCCN6C(=O)C(NC(=O)OC)C(C)C)[nH]5)cc4)cc3)[nH]2)N(C(=O)C(NC(=O)OC)C(C)C)C1. The number of methoxy groups -OCH3 is 2. The van der Waals surface area contributed by atoms with Crippen LogP contribution in [0.1, 0.15) is 77.6 Å². The molecule has 2 aromatic heterocycles. The maximum absolute atomic E-state index is 13.8. The number of aromatic amines is 2. The Labute approximate surface area is 327 Å². The quantitative estimate of drug-likeness (QED) is 0.121. The number of hydrogen-bond acceptors (Lipinski definition) is 8. The molecule has 2 saturated heterocycles. The highest BCUT2D eigenvalue weighted by molar-refractivity contribution is 5.87. The second-order valence-electron chi connectivity index (χ2n) is 15.1. The monoisotopic (exact) mass is 764 g/mol. The van der Waals surface area contributed by atoms with Crippen LogP contribution in [0, 0.1) is 11.8 Å². The van der Waals surface area contributed by atoms with Crippen LogP contribution in [0.2, 0.25) is 0 Å². The lowest BCUT2D eigenvalue weighted by Crippen LogP contribution is -2.51. The van der Waals surface area contributed by atoms with Gasteiger partial charge < -0.3 is 39.9 Å². The van der Waals surface area contributed by atoms with Crippen LogP contribution < -0.4 is 10.6 Å². The molecule has 4 unspecified atom stereocenters. The molecule has 0 aliphatic carbocycles. The zero-order chi connectivity index (χ0) is 40.1. The largest absolute Gasteiger partial charge is 0.453 e. The number of H-pyrrole nitrogens is 2. The summed E-state index contributed by atoms with van der Waals surface area (Å²) in [6, 6.07) is 14.5. The summed E-state index contributed by atoms with van der Waals surface area (Å²) in [4.78, 5) is 71.1. The summed E-state index contributed by atoms with van der Waals surface area (Å²) in [6.45, 7) is 10.6. The van der Waals surface area contributed by atoms with Crippen molar-refractivity contribution in [3.8, 4) is 33.6 Å². The van der Waals surface area contributed by atoms with Gasteiger partial charge in [0.05, 0.1) is 50.1 Å². The highest BCUT2D eigenvalue weighted by atomic mass is 16.5. The van der Waals surface area contributed by atoms with E-state index in [-0.39, 0.29) is 35.7 Å². The molecule has 4 atom stereocenters. The molecule has 0 spiro atoms. The average molecular weight is 765 g/mol. The first-order valence-corrected chi connectivity index (χ1v) is 19.2. The van der Waals surface area contributed by atoms with E-state index in [1.807, 2.05) is 65.0 Å². The van der Waals surface area contributed by atoms with Gasteiger partial charge in [-0.15, -0.1) is 0 Å². The topological polar surface area (TPSA) is 175 Å². The first kappa shape index (κ1) is 39.8. The molecule has 2 aromatic carbocycles. The Morgan fingerprint density at radius 1 is 0.714 bits per heavy atom. The van der Waals surface area contributed by atoms with Crippen molar-refractivity contribution in [2.75, 3.05) is 27.3 Å². The number of rotatable bonds is 11. The molecule has 4 amide bonds. The Hall–Kier alpha value is -5.92. The number of alkyl carbamates (subject to hydrolysis) is 2. The van der Waals surface area contributed by atoms with Gasteiger partial charge in [0.1, 0.15) is 23.7 Å². The molecule has 296 valence electrons. The minimum absolute atomic E-state index is 0.107. The molecule has 4 heterocycles. The van der Waals surface area contributed by atoms with Gasteiger partial charge in [-0.2, -0.15) is 0 Å². The number of amides is 4. The van der Waals surface area contributed by atoms with E-state index in [1.54, 1.807) is 22.2 Å². The number of likely N-dealkylation sites (tertiary alicyclic amines) is 2. The maximum atomic E-state index is 13.8. The third-order valence-electron chi connectivity index (χ3n) is 10.8. The third kappa shape index (κ3) is 8.48. The molecule has 2 aliphatic rings. The van der Waals surface area contributed by atoms with Crippen LogP contribution in [0.25, 0.3) is 33.6 Å². The second-order valence-corrected chi connectivity index (χ2v) is 15.1. The lowest BCUT2D eigenvalue weighted by molar-refractivity contribution is -0.136. The molecule has 0 saturated carbocycles. The fourth-order valence-electron chi connectivity index (χ4n) is 7.50. The Morgan fingerprint density at radius 2 is 1.16 bits per heavy atom. The smallest absolute Gasteiger partial charge is 0.407 e. The van der Waals surface area contributed by atoms with E-state index < -0.39 is 24.3 Å². The van der Waals surface area contributed by atoms with Crippen molar-refractivity contribution in [3.63, 3.8) is 0 Å². The van der Waals surface area contributed by atoms with Crippen LogP contribution in [0.3, 0.4) is 0 Å². The molecular weight excluding hydrogens is 713 g/mol. The van der Waals surface area contributed by atoms with Gasteiger partial charge in [0, 0.05) is 13.1 Å². The first-order chi connectivity index (χ1) is 26.9. The molecule has 14 heteroatoms. The highest BCUT2D eigenvalue weighted by Crippen LogP contribution is 2.37. The molecular formula is C42H52N8O6. The predicted octanol–water partition coefficient (Wildman–Crippen LogP) is 6.78. The third-order valence-corrected chi connectivity index (χ3v) is 10.8. The van der Waals surface area contributed by atoms with Gasteiger partial charge in [0.25, 0.3) is 0 Å². The second kappa shape index (κ2) is 17.3. The van der Waals surface area contributed by atoms with Crippen molar-refractivity contribution in [1.82, 2.24) is 40.4 Å². The highest BCUT2D eigenvalue weighted by Gasteiger charge is 2.40.